The van der Waals surface area contributed by atoms with Crippen molar-refractivity contribution in [1.82, 2.24) is 20.3 Å². The molecule has 0 aliphatic carbocycles. The molecule has 0 bridgehead atoms. The molecule has 2 aromatic rings. The van der Waals surface area contributed by atoms with E-state index in [-0.39, 0.29) is 36.7 Å². The Bertz CT molecular complexity index is 790. The number of hydrogen-bond donors (Lipinski definition) is 3. The van der Waals surface area contributed by atoms with Crippen LogP contribution in [0.5, 0.6) is 0 Å². The van der Waals surface area contributed by atoms with Gasteiger partial charge >= 0.3 is 0 Å². The lowest BCUT2D eigenvalue weighted by atomic mass is 10.0. The van der Waals surface area contributed by atoms with E-state index in [1.54, 1.807) is 12.4 Å². The first-order valence-electron chi connectivity index (χ1n) is 8.80. The van der Waals surface area contributed by atoms with Gasteiger partial charge in [-0.25, -0.2) is 14.9 Å². The Labute approximate surface area is 181 Å². The SMILES string of the molecule is Cl.Cl.O=C(/C=C/c1cnc(N[C@@H]2CCCN(Cc3ccc(F)cc3)C2)cn1)NO. The van der Waals surface area contributed by atoms with Crippen LogP contribution in [-0.4, -0.2) is 45.1 Å². The lowest BCUT2D eigenvalue weighted by Crippen LogP contribution is -2.41. The van der Waals surface area contributed by atoms with Crippen LogP contribution in [0, 0.1) is 5.82 Å². The van der Waals surface area contributed by atoms with Crippen LogP contribution in [-0.2, 0) is 11.3 Å². The van der Waals surface area contributed by atoms with Crippen molar-refractivity contribution in [1.29, 1.82) is 0 Å². The molecule has 7 nitrogen and oxygen atoms in total. The molecule has 0 spiro atoms. The van der Waals surface area contributed by atoms with E-state index in [4.69, 9.17) is 5.21 Å². The number of likely N-dealkylation sites (tertiary alicyclic amines) is 1. The third kappa shape index (κ3) is 7.94. The average Bonchev–Trinajstić information content (AvgIpc) is 2.69. The molecule has 1 saturated heterocycles. The molecule has 1 fully saturated rings. The third-order valence-corrected chi connectivity index (χ3v) is 4.36. The van der Waals surface area contributed by atoms with Crippen molar-refractivity contribution in [3.05, 3.63) is 59.8 Å². The first-order valence-corrected chi connectivity index (χ1v) is 8.80. The second kappa shape index (κ2) is 12.3. The van der Waals surface area contributed by atoms with Crippen molar-refractivity contribution in [3.8, 4) is 0 Å². The van der Waals surface area contributed by atoms with Gasteiger partial charge in [0.1, 0.15) is 11.6 Å². The molecule has 10 heteroatoms. The highest BCUT2D eigenvalue weighted by atomic mass is 35.5. The van der Waals surface area contributed by atoms with Gasteiger partial charge in [-0.3, -0.25) is 19.9 Å². The van der Waals surface area contributed by atoms with Crippen molar-refractivity contribution in [2.45, 2.75) is 25.4 Å². The van der Waals surface area contributed by atoms with Crippen molar-refractivity contribution in [3.63, 3.8) is 0 Å². The normalized spacial score (nSPS) is 16.6. The van der Waals surface area contributed by atoms with E-state index in [9.17, 15) is 9.18 Å². The molecular weight excluding hydrogens is 420 g/mol. The van der Waals surface area contributed by atoms with Gasteiger partial charge in [0.2, 0.25) is 0 Å². The van der Waals surface area contributed by atoms with Crippen molar-refractivity contribution in [2.24, 2.45) is 0 Å². The monoisotopic (exact) mass is 443 g/mol. The second-order valence-corrected chi connectivity index (χ2v) is 6.48. The lowest BCUT2D eigenvalue weighted by Gasteiger charge is -2.33. The van der Waals surface area contributed by atoms with Crippen LogP contribution >= 0.6 is 24.8 Å². The number of nitrogens with zero attached hydrogens (tertiary/aromatic N) is 3. The van der Waals surface area contributed by atoms with Crippen LogP contribution in [0.4, 0.5) is 10.2 Å². The fraction of sp³-hybridized carbons (Fsp3) is 0.316. The highest BCUT2D eigenvalue weighted by molar-refractivity contribution is 5.90. The molecule has 0 unspecified atom stereocenters. The highest BCUT2D eigenvalue weighted by Crippen LogP contribution is 2.17. The maximum Gasteiger partial charge on any atom is 0.267 e. The van der Waals surface area contributed by atoms with Gasteiger partial charge in [-0.05, 0) is 43.2 Å². The fourth-order valence-corrected chi connectivity index (χ4v) is 3.07. The predicted molar refractivity (Wildman–Crippen MR) is 114 cm³/mol. The van der Waals surface area contributed by atoms with E-state index in [2.05, 4.69) is 20.2 Å². The van der Waals surface area contributed by atoms with Gasteiger partial charge in [-0.1, -0.05) is 12.1 Å². The molecule has 0 radical (unpaired) electrons. The number of hydrogen-bond acceptors (Lipinski definition) is 6. The summed E-state index contributed by atoms with van der Waals surface area (Å²) in [4.78, 5) is 21.8. The summed E-state index contributed by atoms with van der Waals surface area (Å²) in [7, 11) is 0. The number of carbonyl (C=O) groups excluding carboxylic acids is 1. The number of nitrogens with one attached hydrogen (secondary N) is 2. The number of aromatic nitrogens is 2. The third-order valence-electron chi connectivity index (χ3n) is 4.36. The molecule has 1 amide bonds. The van der Waals surface area contributed by atoms with Crippen LogP contribution in [0.1, 0.15) is 24.1 Å². The van der Waals surface area contributed by atoms with Crippen molar-refractivity contribution >= 4 is 42.6 Å². The first-order chi connectivity index (χ1) is 13.1. The minimum Gasteiger partial charge on any atom is -0.365 e. The van der Waals surface area contributed by atoms with Gasteiger partial charge in [0.25, 0.3) is 5.91 Å². The molecule has 3 rings (SSSR count). The summed E-state index contributed by atoms with van der Waals surface area (Å²) in [5.74, 6) is -0.166. The Kier molecular flexibility index (Phi) is 10.5. The Balaban J connectivity index is 0.00000210. The summed E-state index contributed by atoms with van der Waals surface area (Å²) >= 11 is 0. The number of piperidine rings is 1. The van der Waals surface area contributed by atoms with Crippen molar-refractivity contribution in [2.75, 3.05) is 18.4 Å². The van der Waals surface area contributed by atoms with E-state index >= 15 is 0 Å². The van der Waals surface area contributed by atoms with E-state index in [1.165, 1.54) is 29.8 Å². The number of benzene rings is 1. The van der Waals surface area contributed by atoms with Crippen molar-refractivity contribution < 1.29 is 14.4 Å². The van der Waals surface area contributed by atoms with Gasteiger partial charge in [-0.15, -0.1) is 24.8 Å². The molecule has 1 aromatic carbocycles. The molecule has 158 valence electrons. The van der Waals surface area contributed by atoms with Gasteiger partial charge in [0.05, 0.1) is 18.1 Å². The first kappa shape index (κ1) is 24.8. The second-order valence-electron chi connectivity index (χ2n) is 6.48. The summed E-state index contributed by atoms with van der Waals surface area (Å²) in [6, 6.07) is 6.88. The summed E-state index contributed by atoms with van der Waals surface area (Å²) in [6.07, 6.45) is 7.93. The zero-order valence-corrected chi connectivity index (χ0v) is 17.3. The van der Waals surface area contributed by atoms with E-state index in [1.807, 2.05) is 12.1 Å². The molecule has 29 heavy (non-hydrogen) atoms. The zero-order chi connectivity index (χ0) is 19.1. The Morgan fingerprint density at radius 1 is 1.24 bits per heavy atom. The minimum absolute atomic E-state index is 0. The molecular formula is C19H24Cl2FN5O2. The standard InChI is InChI=1S/C19H22FN5O2.2ClH/c20-15-5-3-14(4-6-15)12-25-9-1-2-17(13-25)23-18-11-21-16(10-22-18)7-8-19(26)24-27;;/h3-8,10-11,17,27H,1-2,9,12-13H2,(H,22,23)(H,24,26);2*1H/b8-7+;;/t17-;;/m1../s1. The number of rotatable bonds is 6. The Morgan fingerprint density at radius 2 is 2.00 bits per heavy atom. The molecule has 1 aliphatic rings. The van der Waals surface area contributed by atoms with E-state index in [0.29, 0.717) is 11.5 Å². The highest BCUT2D eigenvalue weighted by Gasteiger charge is 2.20. The van der Waals surface area contributed by atoms with Gasteiger partial charge in [-0.2, -0.15) is 0 Å². The lowest BCUT2D eigenvalue weighted by molar-refractivity contribution is -0.124. The number of anilines is 1. The fourth-order valence-electron chi connectivity index (χ4n) is 3.07. The predicted octanol–water partition coefficient (Wildman–Crippen LogP) is 3.05. The van der Waals surface area contributed by atoms with Crippen LogP contribution in [0.2, 0.25) is 0 Å². The number of halogens is 3. The zero-order valence-electron chi connectivity index (χ0n) is 15.6. The largest absolute Gasteiger partial charge is 0.365 e. The van der Waals surface area contributed by atoms with Crippen LogP contribution < -0.4 is 10.8 Å². The van der Waals surface area contributed by atoms with E-state index in [0.717, 1.165) is 38.0 Å². The topological polar surface area (TPSA) is 90.4 Å². The molecule has 3 N–H and O–H groups in total. The molecule has 1 atom stereocenters. The molecule has 1 aliphatic heterocycles. The summed E-state index contributed by atoms with van der Waals surface area (Å²) in [5.41, 5.74) is 3.13. The average molecular weight is 444 g/mol. The minimum atomic E-state index is -0.623. The molecule has 0 saturated carbocycles. The number of amides is 1. The Morgan fingerprint density at radius 3 is 2.66 bits per heavy atom. The van der Waals surface area contributed by atoms with Crippen LogP contribution in [0.3, 0.4) is 0 Å². The quantitative estimate of drug-likeness (QED) is 0.361. The van der Waals surface area contributed by atoms with Crippen LogP contribution in [0.15, 0.2) is 42.7 Å². The number of carbonyl (C=O) groups is 1. The maximum absolute atomic E-state index is 13.0. The summed E-state index contributed by atoms with van der Waals surface area (Å²) in [6.45, 7) is 2.68. The smallest absolute Gasteiger partial charge is 0.267 e. The van der Waals surface area contributed by atoms with Gasteiger partial charge in [0, 0.05) is 25.2 Å². The molecule has 2 heterocycles. The number of hydroxylamine groups is 1. The van der Waals surface area contributed by atoms with Crippen LogP contribution in [0.25, 0.3) is 6.08 Å². The Hall–Kier alpha value is -2.26. The molecule has 1 aromatic heterocycles. The van der Waals surface area contributed by atoms with E-state index < -0.39 is 5.91 Å². The van der Waals surface area contributed by atoms with Gasteiger partial charge < -0.3 is 5.32 Å². The summed E-state index contributed by atoms with van der Waals surface area (Å²) < 4.78 is 13.0. The van der Waals surface area contributed by atoms with Gasteiger partial charge in [0.15, 0.2) is 0 Å². The summed E-state index contributed by atoms with van der Waals surface area (Å²) in [5, 5.41) is 11.8. The maximum atomic E-state index is 13.0.